The lowest BCUT2D eigenvalue weighted by atomic mass is 9.92. The SMILES string of the molecule is C[C@H]1C[C@@H](C(=O)N(C)CCN2CCOCC2)CCN1.Cl. The number of nitrogens with zero attached hydrogens (tertiary/aromatic N) is 2. The molecule has 1 amide bonds. The van der Waals surface area contributed by atoms with Gasteiger partial charge in [0.2, 0.25) is 5.91 Å². The zero-order valence-corrected chi connectivity index (χ0v) is 13.5. The Morgan fingerprint density at radius 1 is 1.40 bits per heavy atom. The lowest BCUT2D eigenvalue weighted by molar-refractivity contribution is -0.135. The summed E-state index contributed by atoms with van der Waals surface area (Å²) in [7, 11) is 1.94. The highest BCUT2D eigenvalue weighted by atomic mass is 35.5. The third kappa shape index (κ3) is 5.20. The first-order chi connectivity index (χ1) is 9.16. The summed E-state index contributed by atoms with van der Waals surface area (Å²) in [4.78, 5) is 16.7. The Morgan fingerprint density at radius 3 is 2.75 bits per heavy atom. The quantitative estimate of drug-likeness (QED) is 0.825. The lowest BCUT2D eigenvalue weighted by Gasteiger charge is -2.32. The van der Waals surface area contributed by atoms with Crippen molar-refractivity contribution in [1.29, 1.82) is 0 Å². The minimum atomic E-state index is 0. The number of hydrogen-bond donors (Lipinski definition) is 1. The highest BCUT2D eigenvalue weighted by molar-refractivity contribution is 5.85. The van der Waals surface area contributed by atoms with Gasteiger partial charge in [-0.3, -0.25) is 9.69 Å². The average Bonchev–Trinajstić information content (AvgIpc) is 2.45. The first-order valence-corrected chi connectivity index (χ1v) is 7.45. The highest BCUT2D eigenvalue weighted by Gasteiger charge is 2.27. The first-order valence-electron chi connectivity index (χ1n) is 7.45. The average molecular weight is 306 g/mol. The summed E-state index contributed by atoms with van der Waals surface area (Å²) in [5, 5.41) is 3.40. The van der Waals surface area contributed by atoms with Crippen molar-refractivity contribution < 1.29 is 9.53 Å². The van der Waals surface area contributed by atoms with Gasteiger partial charge in [-0.25, -0.2) is 0 Å². The van der Waals surface area contributed by atoms with E-state index >= 15 is 0 Å². The van der Waals surface area contributed by atoms with Crippen LogP contribution in [0.1, 0.15) is 19.8 Å². The van der Waals surface area contributed by atoms with E-state index in [0.29, 0.717) is 11.9 Å². The van der Waals surface area contributed by atoms with E-state index in [4.69, 9.17) is 4.74 Å². The molecule has 2 atom stereocenters. The Balaban J connectivity index is 0.00000200. The number of amides is 1. The number of carbonyl (C=O) groups is 1. The summed E-state index contributed by atoms with van der Waals surface area (Å²) >= 11 is 0. The second-order valence-electron chi connectivity index (χ2n) is 5.79. The second-order valence-corrected chi connectivity index (χ2v) is 5.79. The zero-order valence-electron chi connectivity index (χ0n) is 12.6. The van der Waals surface area contributed by atoms with Gasteiger partial charge in [0.25, 0.3) is 0 Å². The smallest absolute Gasteiger partial charge is 0.225 e. The van der Waals surface area contributed by atoms with E-state index in [9.17, 15) is 4.79 Å². The predicted octanol–water partition coefficient (Wildman–Crippen LogP) is 0.587. The molecule has 0 aromatic carbocycles. The van der Waals surface area contributed by atoms with Gasteiger partial charge in [0, 0.05) is 45.2 Å². The molecule has 0 saturated carbocycles. The molecule has 118 valence electrons. The van der Waals surface area contributed by atoms with Crippen LogP contribution in [0.2, 0.25) is 0 Å². The Bertz CT molecular complexity index is 298. The van der Waals surface area contributed by atoms with Crippen molar-refractivity contribution in [2.24, 2.45) is 5.92 Å². The Labute approximate surface area is 128 Å². The fourth-order valence-electron chi connectivity index (χ4n) is 2.89. The van der Waals surface area contributed by atoms with E-state index in [0.717, 1.165) is 58.8 Å². The van der Waals surface area contributed by atoms with Gasteiger partial charge in [-0.2, -0.15) is 0 Å². The molecule has 0 radical (unpaired) electrons. The highest BCUT2D eigenvalue weighted by Crippen LogP contribution is 2.18. The molecular formula is C14H28ClN3O2. The maximum atomic E-state index is 12.4. The van der Waals surface area contributed by atoms with E-state index in [1.54, 1.807) is 0 Å². The van der Waals surface area contributed by atoms with Crippen LogP contribution in [0, 0.1) is 5.92 Å². The molecule has 2 rings (SSSR count). The predicted molar refractivity (Wildman–Crippen MR) is 82.3 cm³/mol. The molecule has 20 heavy (non-hydrogen) atoms. The second kappa shape index (κ2) is 8.82. The summed E-state index contributed by atoms with van der Waals surface area (Å²) in [6.07, 6.45) is 1.95. The van der Waals surface area contributed by atoms with Gasteiger partial charge in [-0.1, -0.05) is 0 Å². The van der Waals surface area contributed by atoms with Crippen LogP contribution in [-0.4, -0.2) is 74.7 Å². The summed E-state index contributed by atoms with van der Waals surface area (Å²) in [5.74, 6) is 0.535. The van der Waals surface area contributed by atoms with Gasteiger partial charge >= 0.3 is 0 Å². The van der Waals surface area contributed by atoms with Crippen LogP contribution in [0.4, 0.5) is 0 Å². The van der Waals surface area contributed by atoms with E-state index in [1.807, 2.05) is 11.9 Å². The van der Waals surface area contributed by atoms with E-state index in [2.05, 4.69) is 17.1 Å². The third-order valence-electron chi connectivity index (χ3n) is 4.20. The molecule has 2 aliphatic rings. The molecule has 5 nitrogen and oxygen atoms in total. The Kier molecular flexibility index (Phi) is 7.80. The minimum Gasteiger partial charge on any atom is -0.379 e. The van der Waals surface area contributed by atoms with Crippen LogP contribution in [-0.2, 0) is 9.53 Å². The Hall–Kier alpha value is -0.360. The minimum absolute atomic E-state index is 0. The van der Waals surface area contributed by atoms with Crippen molar-refractivity contribution in [1.82, 2.24) is 15.1 Å². The van der Waals surface area contributed by atoms with Crippen LogP contribution in [0.25, 0.3) is 0 Å². The number of rotatable bonds is 4. The van der Waals surface area contributed by atoms with E-state index in [1.165, 1.54) is 0 Å². The van der Waals surface area contributed by atoms with Crippen molar-refractivity contribution in [3.05, 3.63) is 0 Å². The van der Waals surface area contributed by atoms with Gasteiger partial charge < -0.3 is 15.0 Å². The molecule has 1 N–H and O–H groups in total. The molecule has 0 bridgehead atoms. The number of halogens is 1. The standard InChI is InChI=1S/C14H27N3O2.ClH/c1-12-11-13(3-4-15-12)14(18)16(2)5-6-17-7-9-19-10-8-17;/h12-13,15H,3-11H2,1-2H3;1H/t12-,13-;/m0./s1. The Morgan fingerprint density at radius 2 is 2.10 bits per heavy atom. The van der Waals surface area contributed by atoms with E-state index < -0.39 is 0 Å². The van der Waals surface area contributed by atoms with Crippen molar-refractivity contribution >= 4 is 18.3 Å². The molecule has 0 aromatic heterocycles. The van der Waals surface area contributed by atoms with Crippen molar-refractivity contribution in [3.63, 3.8) is 0 Å². The van der Waals surface area contributed by atoms with Gasteiger partial charge in [0.15, 0.2) is 0 Å². The number of piperidine rings is 1. The maximum Gasteiger partial charge on any atom is 0.225 e. The topological polar surface area (TPSA) is 44.8 Å². The van der Waals surface area contributed by atoms with E-state index in [-0.39, 0.29) is 18.3 Å². The number of nitrogens with one attached hydrogen (secondary N) is 1. The molecule has 0 aromatic rings. The van der Waals surface area contributed by atoms with Crippen molar-refractivity contribution in [3.8, 4) is 0 Å². The molecule has 2 fully saturated rings. The van der Waals surface area contributed by atoms with Crippen LogP contribution < -0.4 is 5.32 Å². The fourth-order valence-corrected chi connectivity index (χ4v) is 2.89. The molecule has 6 heteroatoms. The number of carbonyl (C=O) groups excluding carboxylic acids is 1. The zero-order chi connectivity index (χ0) is 13.7. The normalized spacial score (nSPS) is 27.7. The van der Waals surface area contributed by atoms with Crippen LogP contribution >= 0.6 is 12.4 Å². The maximum absolute atomic E-state index is 12.4. The molecule has 2 aliphatic heterocycles. The molecule has 2 heterocycles. The third-order valence-corrected chi connectivity index (χ3v) is 4.20. The number of hydrogen-bond acceptors (Lipinski definition) is 4. The molecule has 0 unspecified atom stereocenters. The van der Waals surface area contributed by atoms with Crippen molar-refractivity contribution in [2.75, 3.05) is 53.0 Å². The monoisotopic (exact) mass is 305 g/mol. The molecule has 0 aliphatic carbocycles. The number of ether oxygens (including phenoxy) is 1. The molecule has 2 saturated heterocycles. The summed E-state index contributed by atoms with van der Waals surface area (Å²) in [6.45, 7) is 8.55. The van der Waals surface area contributed by atoms with Crippen LogP contribution in [0.5, 0.6) is 0 Å². The summed E-state index contributed by atoms with van der Waals surface area (Å²) in [6, 6.07) is 0.468. The van der Waals surface area contributed by atoms with Crippen LogP contribution in [0.3, 0.4) is 0 Å². The first kappa shape index (κ1) is 17.7. The summed E-state index contributed by atoms with van der Waals surface area (Å²) in [5.41, 5.74) is 0. The van der Waals surface area contributed by atoms with Crippen molar-refractivity contribution in [2.45, 2.75) is 25.8 Å². The summed E-state index contributed by atoms with van der Waals surface area (Å²) < 4.78 is 5.33. The largest absolute Gasteiger partial charge is 0.379 e. The fraction of sp³-hybridized carbons (Fsp3) is 0.929. The number of likely N-dealkylation sites (N-methyl/N-ethyl adjacent to an activating group) is 1. The lowest BCUT2D eigenvalue weighted by Crippen LogP contribution is -2.46. The molecule has 0 spiro atoms. The van der Waals surface area contributed by atoms with Gasteiger partial charge in [0.05, 0.1) is 13.2 Å². The number of morpholine rings is 1. The molecular weight excluding hydrogens is 278 g/mol. The van der Waals surface area contributed by atoms with Gasteiger partial charge in [-0.15, -0.1) is 12.4 Å². The van der Waals surface area contributed by atoms with Crippen LogP contribution in [0.15, 0.2) is 0 Å². The van der Waals surface area contributed by atoms with Gasteiger partial charge in [-0.05, 0) is 26.3 Å². The van der Waals surface area contributed by atoms with Gasteiger partial charge in [0.1, 0.15) is 0 Å².